The summed E-state index contributed by atoms with van der Waals surface area (Å²) in [5.41, 5.74) is 1.82. The first-order valence-electron chi connectivity index (χ1n) is 4.42. The highest BCUT2D eigenvalue weighted by Gasteiger charge is 2.08. The maximum atomic E-state index is 13.5. The smallest absolute Gasteiger partial charge is 0.222 e. The van der Waals surface area contributed by atoms with Gasteiger partial charge in [0.05, 0.1) is 5.69 Å². The monoisotopic (exact) mass is 222 g/mol. The number of aromatic nitrogens is 2. The molecule has 76 valence electrons. The molecule has 0 fully saturated rings. The van der Waals surface area contributed by atoms with Gasteiger partial charge in [-0.2, -0.15) is 0 Å². The van der Waals surface area contributed by atoms with Gasteiger partial charge in [0.25, 0.3) is 0 Å². The molecule has 0 saturated carbocycles. The lowest BCUT2D eigenvalue weighted by molar-refractivity contribution is 0.631. The van der Waals surface area contributed by atoms with Crippen LogP contribution in [0.3, 0.4) is 0 Å². The van der Waals surface area contributed by atoms with E-state index in [-0.39, 0.29) is 11.1 Å². The molecule has 0 saturated heterocycles. The summed E-state index contributed by atoms with van der Waals surface area (Å²) in [4.78, 5) is 7.82. The molecule has 0 spiro atoms. The lowest BCUT2D eigenvalue weighted by Gasteiger charge is -2.05. The summed E-state index contributed by atoms with van der Waals surface area (Å²) in [5, 5.41) is 0.174. The van der Waals surface area contributed by atoms with Crippen LogP contribution in [-0.4, -0.2) is 9.97 Å². The van der Waals surface area contributed by atoms with Gasteiger partial charge in [-0.15, -0.1) is 0 Å². The molecule has 0 amide bonds. The van der Waals surface area contributed by atoms with Crippen molar-refractivity contribution in [2.75, 3.05) is 0 Å². The van der Waals surface area contributed by atoms with Gasteiger partial charge in [-0.1, -0.05) is 18.2 Å². The molecule has 4 heteroatoms. The van der Waals surface area contributed by atoms with E-state index in [0.29, 0.717) is 16.8 Å². The van der Waals surface area contributed by atoms with Gasteiger partial charge in [0.1, 0.15) is 5.82 Å². The Bertz CT molecular complexity index is 500. The van der Waals surface area contributed by atoms with E-state index in [1.54, 1.807) is 25.1 Å². The fourth-order valence-corrected chi connectivity index (χ4v) is 1.56. The van der Waals surface area contributed by atoms with Gasteiger partial charge in [0.2, 0.25) is 5.28 Å². The number of halogens is 2. The van der Waals surface area contributed by atoms with E-state index >= 15 is 0 Å². The Kier molecular flexibility index (Phi) is 2.64. The zero-order valence-electron chi connectivity index (χ0n) is 8.04. The van der Waals surface area contributed by atoms with Gasteiger partial charge >= 0.3 is 0 Å². The maximum absolute atomic E-state index is 13.5. The summed E-state index contributed by atoms with van der Waals surface area (Å²) in [6, 6.07) is 6.51. The van der Waals surface area contributed by atoms with E-state index in [1.807, 2.05) is 0 Å². The number of aryl methyl sites for hydroxylation is 1. The number of hydrogen-bond acceptors (Lipinski definition) is 2. The Morgan fingerprint density at radius 1 is 1.20 bits per heavy atom. The quantitative estimate of drug-likeness (QED) is 0.693. The summed E-state index contributed by atoms with van der Waals surface area (Å²) < 4.78 is 13.5. The van der Waals surface area contributed by atoms with Crippen LogP contribution in [0.15, 0.2) is 30.5 Å². The van der Waals surface area contributed by atoms with E-state index in [0.717, 1.165) is 0 Å². The van der Waals surface area contributed by atoms with E-state index in [1.165, 1.54) is 12.3 Å². The second-order valence-electron chi connectivity index (χ2n) is 3.12. The highest BCUT2D eigenvalue weighted by Crippen LogP contribution is 2.24. The summed E-state index contributed by atoms with van der Waals surface area (Å²) in [7, 11) is 0. The molecule has 0 unspecified atom stereocenters. The third kappa shape index (κ3) is 1.97. The van der Waals surface area contributed by atoms with Gasteiger partial charge < -0.3 is 0 Å². The standard InChI is InChI=1S/C11H8ClFN2/c1-7-9(6-14-11(12)15-7)8-4-2-3-5-10(8)13/h2-6H,1H3. The van der Waals surface area contributed by atoms with Crippen molar-refractivity contribution in [3.05, 3.63) is 47.3 Å². The lowest BCUT2D eigenvalue weighted by atomic mass is 10.1. The fraction of sp³-hybridized carbons (Fsp3) is 0.0909. The van der Waals surface area contributed by atoms with Crippen LogP contribution in [0.5, 0.6) is 0 Å². The van der Waals surface area contributed by atoms with Crippen LogP contribution in [0.2, 0.25) is 5.28 Å². The predicted octanol–water partition coefficient (Wildman–Crippen LogP) is 3.24. The minimum atomic E-state index is -0.286. The minimum Gasteiger partial charge on any atom is -0.226 e. The van der Waals surface area contributed by atoms with Crippen molar-refractivity contribution in [1.82, 2.24) is 9.97 Å². The molecular formula is C11H8ClFN2. The molecule has 1 heterocycles. The Balaban J connectivity index is 2.60. The Morgan fingerprint density at radius 2 is 1.93 bits per heavy atom. The van der Waals surface area contributed by atoms with Crippen LogP contribution in [0.4, 0.5) is 4.39 Å². The molecule has 0 radical (unpaired) electrons. The first-order valence-corrected chi connectivity index (χ1v) is 4.80. The second kappa shape index (κ2) is 3.95. The highest BCUT2D eigenvalue weighted by atomic mass is 35.5. The third-order valence-electron chi connectivity index (χ3n) is 2.11. The Labute approximate surface area is 91.8 Å². The molecule has 2 aromatic rings. The van der Waals surface area contributed by atoms with Crippen LogP contribution in [-0.2, 0) is 0 Å². The summed E-state index contributed by atoms with van der Waals surface area (Å²) in [5.74, 6) is -0.286. The zero-order chi connectivity index (χ0) is 10.8. The topological polar surface area (TPSA) is 25.8 Å². The van der Waals surface area contributed by atoms with E-state index in [2.05, 4.69) is 9.97 Å². The van der Waals surface area contributed by atoms with Gasteiger partial charge in [-0.3, -0.25) is 0 Å². The summed E-state index contributed by atoms with van der Waals surface area (Å²) >= 11 is 5.63. The number of rotatable bonds is 1. The highest BCUT2D eigenvalue weighted by molar-refractivity contribution is 6.28. The minimum absolute atomic E-state index is 0.174. The Morgan fingerprint density at radius 3 is 2.60 bits per heavy atom. The average molecular weight is 223 g/mol. The second-order valence-corrected chi connectivity index (χ2v) is 3.46. The molecule has 0 atom stereocenters. The summed E-state index contributed by atoms with van der Waals surface area (Å²) in [6.45, 7) is 1.77. The largest absolute Gasteiger partial charge is 0.226 e. The lowest BCUT2D eigenvalue weighted by Crippen LogP contribution is -1.93. The van der Waals surface area contributed by atoms with E-state index in [9.17, 15) is 4.39 Å². The van der Waals surface area contributed by atoms with Crippen molar-refractivity contribution in [3.8, 4) is 11.1 Å². The molecule has 0 aliphatic heterocycles. The van der Waals surface area contributed by atoms with Gasteiger partial charge in [-0.25, -0.2) is 14.4 Å². The predicted molar refractivity (Wildman–Crippen MR) is 57.2 cm³/mol. The van der Waals surface area contributed by atoms with Gasteiger partial charge in [0, 0.05) is 17.3 Å². The van der Waals surface area contributed by atoms with Crippen molar-refractivity contribution in [2.45, 2.75) is 6.92 Å². The van der Waals surface area contributed by atoms with Crippen molar-refractivity contribution in [1.29, 1.82) is 0 Å². The summed E-state index contributed by atoms with van der Waals surface area (Å²) in [6.07, 6.45) is 1.53. The van der Waals surface area contributed by atoms with E-state index < -0.39 is 0 Å². The molecule has 0 N–H and O–H groups in total. The molecule has 0 bridgehead atoms. The van der Waals surface area contributed by atoms with Gasteiger partial charge in [0.15, 0.2) is 0 Å². The van der Waals surface area contributed by atoms with Crippen LogP contribution < -0.4 is 0 Å². The van der Waals surface area contributed by atoms with Crippen LogP contribution in [0, 0.1) is 12.7 Å². The average Bonchev–Trinajstić information content (AvgIpc) is 2.20. The number of nitrogens with zero attached hydrogens (tertiary/aromatic N) is 2. The molecule has 2 rings (SSSR count). The van der Waals surface area contributed by atoms with E-state index in [4.69, 9.17) is 11.6 Å². The molecule has 1 aromatic heterocycles. The first-order chi connectivity index (χ1) is 7.18. The normalized spacial score (nSPS) is 10.3. The van der Waals surface area contributed by atoms with Crippen molar-refractivity contribution >= 4 is 11.6 Å². The maximum Gasteiger partial charge on any atom is 0.222 e. The zero-order valence-corrected chi connectivity index (χ0v) is 8.79. The Hall–Kier alpha value is -1.48. The van der Waals surface area contributed by atoms with Crippen molar-refractivity contribution in [2.24, 2.45) is 0 Å². The molecule has 2 nitrogen and oxygen atoms in total. The van der Waals surface area contributed by atoms with Crippen LogP contribution in [0.25, 0.3) is 11.1 Å². The number of benzene rings is 1. The molecule has 15 heavy (non-hydrogen) atoms. The van der Waals surface area contributed by atoms with Crippen LogP contribution in [0.1, 0.15) is 5.69 Å². The third-order valence-corrected chi connectivity index (χ3v) is 2.30. The van der Waals surface area contributed by atoms with Gasteiger partial charge in [-0.05, 0) is 24.6 Å². The first kappa shape index (κ1) is 10.1. The molecule has 0 aliphatic carbocycles. The van der Waals surface area contributed by atoms with Crippen molar-refractivity contribution < 1.29 is 4.39 Å². The van der Waals surface area contributed by atoms with Crippen molar-refractivity contribution in [3.63, 3.8) is 0 Å². The molecule has 0 aliphatic rings. The SMILES string of the molecule is Cc1nc(Cl)ncc1-c1ccccc1F. The fourth-order valence-electron chi connectivity index (χ4n) is 1.38. The molecular weight excluding hydrogens is 215 g/mol. The number of hydrogen-bond donors (Lipinski definition) is 0. The van der Waals surface area contributed by atoms with Crippen LogP contribution >= 0.6 is 11.6 Å². The molecule has 1 aromatic carbocycles.